The molecule has 1 atom stereocenters. The first-order valence-corrected chi connectivity index (χ1v) is 5.17. The zero-order valence-corrected chi connectivity index (χ0v) is 8.92. The van der Waals surface area contributed by atoms with Crippen molar-refractivity contribution in [1.82, 2.24) is 9.78 Å². The second-order valence-electron chi connectivity index (χ2n) is 4.42. The average molecular weight is 195 g/mol. The Morgan fingerprint density at radius 2 is 2.21 bits per heavy atom. The quantitative estimate of drug-likeness (QED) is 0.711. The SMILES string of the molecule is CC(C)n1[nH]c2c(c1=O)C[C@H](C)CN2. The summed E-state index contributed by atoms with van der Waals surface area (Å²) in [5.41, 5.74) is 1.05. The Kier molecular flexibility index (Phi) is 2.13. The van der Waals surface area contributed by atoms with E-state index >= 15 is 0 Å². The Morgan fingerprint density at radius 3 is 2.86 bits per heavy atom. The van der Waals surface area contributed by atoms with Gasteiger partial charge in [-0.25, -0.2) is 4.68 Å². The predicted octanol–water partition coefficient (Wildman–Crippen LogP) is 1.36. The van der Waals surface area contributed by atoms with E-state index in [0.29, 0.717) is 5.92 Å². The highest BCUT2D eigenvalue weighted by Crippen LogP contribution is 2.20. The first kappa shape index (κ1) is 9.37. The van der Waals surface area contributed by atoms with Gasteiger partial charge in [0.1, 0.15) is 5.82 Å². The molecule has 1 aliphatic rings. The van der Waals surface area contributed by atoms with Crippen LogP contribution in [-0.4, -0.2) is 16.3 Å². The molecule has 0 unspecified atom stereocenters. The largest absolute Gasteiger partial charge is 0.370 e. The van der Waals surface area contributed by atoms with E-state index in [9.17, 15) is 4.79 Å². The molecule has 4 nitrogen and oxygen atoms in total. The summed E-state index contributed by atoms with van der Waals surface area (Å²) >= 11 is 0. The van der Waals surface area contributed by atoms with Crippen molar-refractivity contribution in [1.29, 1.82) is 0 Å². The molecule has 1 aromatic rings. The van der Waals surface area contributed by atoms with Crippen LogP contribution in [0.2, 0.25) is 0 Å². The minimum Gasteiger partial charge on any atom is -0.370 e. The van der Waals surface area contributed by atoms with E-state index in [-0.39, 0.29) is 11.6 Å². The summed E-state index contributed by atoms with van der Waals surface area (Å²) in [6.07, 6.45) is 0.886. The van der Waals surface area contributed by atoms with Crippen LogP contribution in [0.25, 0.3) is 0 Å². The maximum absolute atomic E-state index is 11.9. The van der Waals surface area contributed by atoms with Crippen LogP contribution in [0.4, 0.5) is 5.82 Å². The standard InChI is InChI=1S/C10H17N3O/c1-6(2)13-10(14)8-4-7(3)5-11-9(8)12-13/h6-7,11-12H,4-5H2,1-3H3/t7-/m0/s1. The van der Waals surface area contributed by atoms with Crippen molar-refractivity contribution >= 4 is 5.82 Å². The summed E-state index contributed by atoms with van der Waals surface area (Å²) in [6, 6.07) is 0.199. The molecule has 0 radical (unpaired) electrons. The summed E-state index contributed by atoms with van der Waals surface area (Å²) in [5, 5.41) is 6.37. The van der Waals surface area contributed by atoms with E-state index in [1.165, 1.54) is 0 Å². The lowest BCUT2D eigenvalue weighted by atomic mass is 10.00. The van der Waals surface area contributed by atoms with Crippen molar-refractivity contribution in [3.63, 3.8) is 0 Å². The van der Waals surface area contributed by atoms with Gasteiger partial charge in [-0.3, -0.25) is 9.89 Å². The number of H-pyrrole nitrogens is 1. The van der Waals surface area contributed by atoms with E-state index < -0.39 is 0 Å². The number of aromatic nitrogens is 2. The van der Waals surface area contributed by atoms with Crippen molar-refractivity contribution in [3.05, 3.63) is 15.9 Å². The molecule has 4 heteroatoms. The average Bonchev–Trinajstić information content (AvgIpc) is 2.44. The molecule has 2 N–H and O–H groups in total. The molecular formula is C10H17N3O. The Hall–Kier alpha value is -1.19. The second kappa shape index (κ2) is 3.19. The van der Waals surface area contributed by atoms with Crippen LogP contribution in [0.1, 0.15) is 32.4 Å². The Morgan fingerprint density at radius 1 is 1.50 bits per heavy atom. The van der Waals surface area contributed by atoms with Crippen molar-refractivity contribution in [2.24, 2.45) is 5.92 Å². The molecule has 0 saturated heterocycles. The van der Waals surface area contributed by atoms with Crippen LogP contribution in [0.5, 0.6) is 0 Å². The monoisotopic (exact) mass is 195 g/mol. The lowest BCUT2D eigenvalue weighted by Crippen LogP contribution is -2.25. The molecule has 0 fully saturated rings. The van der Waals surface area contributed by atoms with Crippen LogP contribution >= 0.6 is 0 Å². The molecular weight excluding hydrogens is 178 g/mol. The highest BCUT2D eigenvalue weighted by molar-refractivity contribution is 5.45. The van der Waals surface area contributed by atoms with Crippen LogP contribution < -0.4 is 10.9 Å². The minimum atomic E-state index is 0.133. The second-order valence-corrected chi connectivity index (χ2v) is 4.42. The van der Waals surface area contributed by atoms with Gasteiger partial charge in [-0.1, -0.05) is 6.92 Å². The molecule has 14 heavy (non-hydrogen) atoms. The smallest absolute Gasteiger partial charge is 0.272 e. The maximum atomic E-state index is 11.9. The Labute approximate surface area is 83.3 Å². The van der Waals surface area contributed by atoms with E-state index in [1.54, 1.807) is 4.68 Å². The number of anilines is 1. The topological polar surface area (TPSA) is 49.8 Å². The number of nitrogens with zero attached hydrogens (tertiary/aromatic N) is 1. The highest BCUT2D eigenvalue weighted by atomic mass is 16.1. The number of rotatable bonds is 1. The Bertz CT molecular complexity index is 389. The van der Waals surface area contributed by atoms with Crippen LogP contribution in [0.3, 0.4) is 0 Å². The number of nitrogens with one attached hydrogen (secondary N) is 2. The van der Waals surface area contributed by atoms with Crippen molar-refractivity contribution < 1.29 is 0 Å². The van der Waals surface area contributed by atoms with Gasteiger partial charge in [-0.2, -0.15) is 0 Å². The van der Waals surface area contributed by atoms with Crippen molar-refractivity contribution in [2.45, 2.75) is 33.2 Å². The summed E-state index contributed by atoms with van der Waals surface area (Å²) in [5.74, 6) is 1.47. The van der Waals surface area contributed by atoms with Crippen molar-refractivity contribution in [3.8, 4) is 0 Å². The molecule has 0 saturated carbocycles. The van der Waals surface area contributed by atoms with E-state index in [1.807, 2.05) is 13.8 Å². The molecule has 2 heterocycles. The van der Waals surface area contributed by atoms with E-state index in [4.69, 9.17) is 0 Å². The fourth-order valence-corrected chi connectivity index (χ4v) is 1.89. The third kappa shape index (κ3) is 1.35. The van der Waals surface area contributed by atoms with E-state index in [2.05, 4.69) is 17.3 Å². The highest BCUT2D eigenvalue weighted by Gasteiger charge is 2.21. The Balaban J connectivity index is 2.47. The van der Waals surface area contributed by atoms with Crippen molar-refractivity contribution in [2.75, 3.05) is 11.9 Å². The molecule has 0 spiro atoms. The van der Waals surface area contributed by atoms with Gasteiger partial charge in [0.2, 0.25) is 0 Å². The molecule has 1 aliphatic heterocycles. The van der Waals surface area contributed by atoms with Gasteiger partial charge in [0.15, 0.2) is 0 Å². The summed E-state index contributed by atoms with van der Waals surface area (Å²) in [7, 11) is 0. The third-order valence-corrected chi connectivity index (χ3v) is 2.71. The fraction of sp³-hybridized carbons (Fsp3) is 0.700. The van der Waals surface area contributed by atoms with Crippen LogP contribution in [0.15, 0.2) is 4.79 Å². The number of hydrogen-bond donors (Lipinski definition) is 2. The first-order chi connectivity index (χ1) is 6.59. The first-order valence-electron chi connectivity index (χ1n) is 5.17. The molecule has 1 aromatic heterocycles. The number of hydrogen-bond acceptors (Lipinski definition) is 2. The van der Waals surface area contributed by atoms with Gasteiger partial charge in [-0.05, 0) is 26.2 Å². The van der Waals surface area contributed by atoms with Crippen LogP contribution in [-0.2, 0) is 6.42 Å². The molecule has 0 amide bonds. The van der Waals surface area contributed by atoms with Gasteiger partial charge in [0.05, 0.1) is 5.56 Å². The van der Waals surface area contributed by atoms with E-state index in [0.717, 1.165) is 24.3 Å². The fourth-order valence-electron chi connectivity index (χ4n) is 1.89. The third-order valence-electron chi connectivity index (χ3n) is 2.71. The zero-order chi connectivity index (χ0) is 10.3. The molecule has 0 aromatic carbocycles. The normalized spacial score (nSPS) is 20.7. The van der Waals surface area contributed by atoms with Gasteiger partial charge in [-0.15, -0.1) is 0 Å². The summed E-state index contributed by atoms with van der Waals surface area (Å²) in [4.78, 5) is 11.9. The maximum Gasteiger partial charge on any atom is 0.272 e. The summed E-state index contributed by atoms with van der Waals surface area (Å²) < 4.78 is 1.69. The minimum absolute atomic E-state index is 0.133. The number of aromatic amines is 1. The van der Waals surface area contributed by atoms with Gasteiger partial charge >= 0.3 is 0 Å². The van der Waals surface area contributed by atoms with Crippen LogP contribution in [0, 0.1) is 5.92 Å². The van der Waals surface area contributed by atoms with Gasteiger partial charge in [0, 0.05) is 12.6 Å². The molecule has 0 aliphatic carbocycles. The zero-order valence-electron chi connectivity index (χ0n) is 8.92. The molecule has 2 rings (SSSR count). The lowest BCUT2D eigenvalue weighted by Gasteiger charge is -2.18. The number of fused-ring (bicyclic) bond motifs is 1. The van der Waals surface area contributed by atoms with Gasteiger partial charge in [0.25, 0.3) is 5.56 Å². The predicted molar refractivity (Wildman–Crippen MR) is 56.8 cm³/mol. The molecule has 78 valence electrons. The lowest BCUT2D eigenvalue weighted by molar-refractivity contribution is 0.517. The van der Waals surface area contributed by atoms with Gasteiger partial charge < -0.3 is 5.32 Å². The summed E-state index contributed by atoms with van der Waals surface area (Å²) in [6.45, 7) is 7.12. The molecule has 0 bridgehead atoms.